The summed E-state index contributed by atoms with van der Waals surface area (Å²) in [5.41, 5.74) is 3.43. The highest BCUT2D eigenvalue weighted by molar-refractivity contribution is 5.22. The van der Waals surface area contributed by atoms with Gasteiger partial charge in [0.15, 0.2) is 0 Å². The van der Waals surface area contributed by atoms with Crippen LogP contribution in [0.5, 0.6) is 0 Å². The van der Waals surface area contributed by atoms with Crippen LogP contribution in [0.2, 0.25) is 0 Å². The number of ether oxygens (including phenoxy) is 1. The van der Waals surface area contributed by atoms with Crippen molar-refractivity contribution in [1.82, 2.24) is 4.90 Å². The van der Waals surface area contributed by atoms with Gasteiger partial charge in [-0.25, -0.2) is 4.39 Å². The van der Waals surface area contributed by atoms with Crippen LogP contribution >= 0.6 is 0 Å². The molecule has 1 atom stereocenters. The van der Waals surface area contributed by atoms with Crippen molar-refractivity contribution in [2.45, 2.75) is 46.1 Å². The second-order valence-corrected chi connectivity index (χ2v) is 6.82. The molecule has 2 rings (SSSR count). The standard InChI is InChI=1S/C21H28FNO2/c1-16(2)25-15-21(24)14-23(12-18-6-4-17(3)5-7-18)13-19-8-10-20(22)11-9-19/h4-11,16,21,24H,12-15H2,1-3H3. The average molecular weight is 345 g/mol. The summed E-state index contributed by atoms with van der Waals surface area (Å²) < 4.78 is 18.6. The molecule has 136 valence electrons. The van der Waals surface area contributed by atoms with Crippen molar-refractivity contribution in [3.8, 4) is 0 Å². The molecule has 0 heterocycles. The number of aliphatic hydroxyl groups excluding tert-OH is 1. The number of halogens is 1. The Morgan fingerprint density at radius 3 is 2.00 bits per heavy atom. The predicted octanol–water partition coefficient (Wildman–Crippen LogP) is 3.92. The van der Waals surface area contributed by atoms with Gasteiger partial charge >= 0.3 is 0 Å². The van der Waals surface area contributed by atoms with Gasteiger partial charge < -0.3 is 9.84 Å². The third-order valence-electron chi connectivity index (χ3n) is 3.94. The van der Waals surface area contributed by atoms with Crippen molar-refractivity contribution in [2.24, 2.45) is 0 Å². The topological polar surface area (TPSA) is 32.7 Å². The third-order valence-corrected chi connectivity index (χ3v) is 3.94. The number of hydrogen-bond acceptors (Lipinski definition) is 3. The van der Waals surface area contributed by atoms with Crippen molar-refractivity contribution < 1.29 is 14.2 Å². The van der Waals surface area contributed by atoms with E-state index in [1.165, 1.54) is 23.3 Å². The lowest BCUT2D eigenvalue weighted by atomic mass is 10.1. The second-order valence-electron chi connectivity index (χ2n) is 6.82. The monoisotopic (exact) mass is 345 g/mol. The average Bonchev–Trinajstić information content (AvgIpc) is 2.57. The summed E-state index contributed by atoms with van der Waals surface area (Å²) in [5.74, 6) is -0.237. The summed E-state index contributed by atoms with van der Waals surface area (Å²) in [6, 6.07) is 14.9. The minimum atomic E-state index is -0.562. The molecule has 0 amide bonds. The van der Waals surface area contributed by atoms with Gasteiger partial charge in [-0.1, -0.05) is 42.0 Å². The van der Waals surface area contributed by atoms with E-state index in [0.29, 0.717) is 19.7 Å². The first-order valence-corrected chi connectivity index (χ1v) is 8.74. The summed E-state index contributed by atoms with van der Waals surface area (Å²) >= 11 is 0. The Morgan fingerprint density at radius 2 is 1.48 bits per heavy atom. The van der Waals surface area contributed by atoms with E-state index in [1.807, 2.05) is 13.8 Å². The first kappa shape index (κ1) is 19.6. The molecule has 3 nitrogen and oxygen atoms in total. The minimum absolute atomic E-state index is 0.0947. The van der Waals surface area contributed by atoms with E-state index in [4.69, 9.17) is 4.74 Å². The van der Waals surface area contributed by atoms with E-state index in [9.17, 15) is 9.50 Å². The zero-order valence-corrected chi connectivity index (χ0v) is 15.3. The number of nitrogens with zero attached hydrogens (tertiary/aromatic N) is 1. The molecule has 25 heavy (non-hydrogen) atoms. The van der Waals surface area contributed by atoms with Crippen LogP contribution in [0, 0.1) is 12.7 Å². The molecule has 0 aliphatic heterocycles. The van der Waals surface area contributed by atoms with Gasteiger partial charge in [-0.05, 0) is 44.0 Å². The molecule has 4 heteroatoms. The third kappa shape index (κ3) is 7.34. The molecule has 0 aliphatic rings. The highest BCUT2D eigenvalue weighted by Gasteiger charge is 2.14. The fourth-order valence-electron chi connectivity index (χ4n) is 2.64. The van der Waals surface area contributed by atoms with Crippen molar-refractivity contribution in [2.75, 3.05) is 13.2 Å². The fraction of sp³-hybridized carbons (Fsp3) is 0.429. The van der Waals surface area contributed by atoms with Gasteiger partial charge in [0.1, 0.15) is 5.82 Å². The molecule has 0 aliphatic carbocycles. The van der Waals surface area contributed by atoms with Gasteiger partial charge in [0.2, 0.25) is 0 Å². The maximum absolute atomic E-state index is 13.1. The van der Waals surface area contributed by atoms with Gasteiger partial charge in [-0.2, -0.15) is 0 Å². The zero-order chi connectivity index (χ0) is 18.2. The van der Waals surface area contributed by atoms with Crippen LogP contribution in [0.1, 0.15) is 30.5 Å². The number of hydrogen-bond donors (Lipinski definition) is 1. The molecule has 0 saturated carbocycles. The maximum atomic E-state index is 13.1. The molecular formula is C21H28FNO2. The van der Waals surface area contributed by atoms with E-state index in [1.54, 1.807) is 12.1 Å². The normalized spacial score (nSPS) is 12.8. The van der Waals surface area contributed by atoms with Gasteiger partial charge in [0.05, 0.1) is 18.8 Å². The summed E-state index contributed by atoms with van der Waals surface area (Å²) in [6.07, 6.45) is -0.467. The van der Waals surface area contributed by atoms with Crippen LogP contribution in [0.15, 0.2) is 48.5 Å². The smallest absolute Gasteiger partial charge is 0.123 e. The van der Waals surface area contributed by atoms with Crippen LogP contribution in [-0.4, -0.2) is 35.4 Å². The number of aliphatic hydroxyl groups is 1. The van der Waals surface area contributed by atoms with E-state index < -0.39 is 6.10 Å². The second kappa shape index (κ2) is 9.66. The lowest BCUT2D eigenvalue weighted by Gasteiger charge is -2.26. The first-order valence-electron chi connectivity index (χ1n) is 8.74. The Balaban J connectivity index is 2.03. The molecule has 2 aromatic carbocycles. The number of rotatable bonds is 9. The fourth-order valence-corrected chi connectivity index (χ4v) is 2.64. The Morgan fingerprint density at radius 1 is 0.960 bits per heavy atom. The van der Waals surface area contributed by atoms with E-state index in [2.05, 4.69) is 36.1 Å². The quantitative estimate of drug-likeness (QED) is 0.748. The summed E-state index contributed by atoms with van der Waals surface area (Å²) in [4.78, 5) is 2.16. The summed E-state index contributed by atoms with van der Waals surface area (Å²) in [7, 11) is 0. The van der Waals surface area contributed by atoms with Gasteiger partial charge in [-0.15, -0.1) is 0 Å². The predicted molar refractivity (Wildman–Crippen MR) is 98.8 cm³/mol. The molecule has 2 aromatic rings. The van der Waals surface area contributed by atoms with Crippen LogP contribution in [0.25, 0.3) is 0 Å². The van der Waals surface area contributed by atoms with Gasteiger partial charge in [-0.3, -0.25) is 4.90 Å². The van der Waals surface area contributed by atoms with Crippen LogP contribution in [0.4, 0.5) is 4.39 Å². The van der Waals surface area contributed by atoms with Gasteiger partial charge in [0, 0.05) is 19.6 Å². The summed E-state index contributed by atoms with van der Waals surface area (Å²) in [6.45, 7) is 8.14. The van der Waals surface area contributed by atoms with Crippen LogP contribution < -0.4 is 0 Å². The Hall–Kier alpha value is -1.75. The molecular weight excluding hydrogens is 317 g/mol. The SMILES string of the molecule is Cc1ccc(CN(Cc2ccc(F)cc2)CC(O)COC(C)C)cc1. The largest absolute Gasteiger partial charge is 0.389 e. The van der Waals surface area contributed by atoms with Crippen LogP contribution in [0.3, 0.4) is 0 Å². The van der Waals surface area contributed by atoms with Gasteiger partial charge in [0.25, 0.3) is 0 Å². The summed E-state index contributed by atoms with van der Waals surface area (Å²) in [5, 5.41) is 10.3. The lowest BCUT2D eigenvalue weighted by molar-refractivity contribution is -0.0106. The highest BCUT2D eigenvalue weighted by atomic mass is 19.1. The molecule has 0 bridgehead atoms. The van der Waals surface area contributed by atoms with Crippen molar-refractivity contribution >= 4 is 0 Å². The molecule has 0 aromatic heterocycles. The Bertz CT molecular complexity index is 578. The lowest BCUT2D eigenvalue weighted by Crippen LogP contribution is -2.34. The molecule has 0 saturated heterocycles. The maximum Gasteiger partial charge on any atom is 0.123 e. The molecule has 1 unspecified atom stereocenters. The Kier molecular flexibility index (Phi) is 7.56. The number of benzene rings is 2. The first-order chi connectivity index (χ1) is 11.9. The molecule has 0 fully saturated rings. The van der Waals surface area contributed by atoms with Crippen molar-refractivity contribution in [3.63, 3.8) is 0 Å². The van der Waals surface area contributed by atoms with E-state index >= 15 is 0 Å². The number of aryl methyl sites for hydroxylation is 1. The Labute approximate surface area is 150 Å². The molecule has 1 N–H and O–H groups in total. The van der Waals surface area contributed by atoms with E-state index in [0.717, 1.165) is 12.1 Å². The molecule has 0 radical (unpaired) electrons. The van der Waals surface area contributed by atoms with E-state index in [-0.39, 0.29) is 11.9 Å². The van der Waals surface area contributed by atoms with Crippen molar-refractivity contribution in [1.29, 1.82) is 0 Å². The zero-order valence-electron chi connectivity index (χ0n) is 15.3. The van der Waals surface area contributed by atoms with Crippen LogP contribution in [-0.2, 0) is 17.8 Å². The minimum Gasteiger partial charge on any atom is -0.389 e. The van der Waals surface area contributed by atoms with Crippen molar-refractivity contribution in [3.05, 3.63) is 71.0 Å². The highest BCUT2D eigenvalue weighted by Crippen LogP contribution is 2.13. The molecule has 0 spiro atoms.